The van der Waals surface area contributed by atoms with Gasteiger partial charge in [-0.05, 0) is 50.1 Å². The van der Waals surface area contributed by atoms with E-state index in [1.165, 1.54) is 25.8 Å². The summed E-state index contributed by atoms with van der Waals surface area (Å²) in [5.41, 5.74) is 1.70. The van der Waals surface area contributed by atoms with Crippen molar-refractivity contribution >= 4 is 23.3 Å². The minimum absolute atomic E-state index is 0.0183. The lowest BCUT2D eigenvalue weighted by Crippen LogP contribution is -2.56. The number of rotatable bonds is 2. The lowest BCUT2D eigenvalue weighted by molar-refractivity contribution is -0.117. The summed E-state index contributed by atoms with van der Waals surface area (Å²) in [7, 11) is 0. The van der Waals surface area contributed by atoms with Crippen LogP contribution in [0.3, 0.4) is 0 Å². The zero-order valence-corrected chi connectivity index (χ0v) is 14.6. The number of carbonyl (C=O) groups excluding carboxylic acids is 2. The van der Waals surface area contributed by atoms with Crippen molar-refractivity contribution in [1.82, 2.24) is 9.80 Å². The van der Waals surface area contributed by atoms with Crippen LogP contribution in [0.4, 0.5) is 16.2 Å². The van der Waals surface area contributed by atoms with Crippen LogP contribution >= 0.6 is 0 Å². The minimum atomic E-state index is -0.0183. The molecule has 3 amide bonds. The van der Waals surface area contributed by atoms with Crippen molar-refractivity contribution < 1.29 is 9.59 Å². The Labute approximate surface area is 148 Å². The number of urea groups is 1. The molecule has 134 valence electrons. The fourth-order valence-electron chi connectivity index (χ4n) is 4.19. The fourth-order valence-corrected chi connectivity index (χ4v) is 4.19. The molecule has 6 nitrogen and oxygen atoms in total. The van der Waals surface area contributed by atoms with Crippen molar-refractivity contribution in [3.05, 3.63) is 24.3 Å². The molecule has 0 aliphatic carbocycles. The van der Waals surface area contributed by atoms with E-state index in [0.29, 0.717) is 12.5 Å². The van der Waals surface area contributed by atoms with Gasteiger partial charge in [-0.3, -0.25) is 9.69 Å². The molecule has 3 aliphatic rings. The Kier molecular flexibility index (Phi) is 4.61. The number of carbonyl (C=O) groups is 2. The molecule has 1 atom stereocenters. The molecule has 3 aliphatic heterocycles. The largest absolute Gasteiger partial charge is 0.322 e. The summed E-state index contributed by atoms with van der Waals surface area (Å²) in [5, 5.41) is 3.00. The van der Waals surface area contributed by atoms with Crippen molar-refractivity contribution in [3.63, 3.8) is 0 Å². The molecule has 1 aromatic carbocycles. The Morgan fingerprint density at radius 2 is 1.84 bits per heavy atom. The topological polar surface area (TPSA) is 55.9 Å². The molecule has 0 radical (unpaired) electrons. The maximum atomic E-state index is 12.6. The predicted molar refractivity (Wildman–Crippen MR) is 97.8 cm³/mol. The predicted octanol–water partition coefficient (Wildman–Crippen LogP) is 2.52. The van der Waals surface area contributed by atoms with Gasteiger partial charge in [0, 0.05) is 50.0 Å². The van der Waals surface area contributed by atoms with Crippen LogP contribution in [0.1, 0.15) is 32.1 Å². The number of benzene rings is 1. The van der Waals surface area contributed by atoms with E-state index in [2.05, 4.69) is 10.2 Å². The Morgan fingerprint density at radius 1 is 1.00 bits per heavy atom. The molecule has 1 N–H and O–H groups in total. The van der Waals surface area contributed by atoms with Gasteiger partial charge in [0.05, 0.1) is 0 Å². The van der Waals surface area contributed by atoms with Gasteiger partial charge in [-0.2, -0.15) is 0 Å². The van der Waals surface area contributed by atoms with Crippen LogP contribution in [0.25, 0.3) is 0 Å². The van der Waals surface area contributed by atoms with Crippen LogP contribution in [0, 0.1) is 0 Å². The SMILES string of the molecule is O=C(Nc1ccc(N2CCCC2=O)cc1)N1CCN2CCCC[C@H]2C1. The Balaban J connectivity index is 1.35. The van der Waals surface area contributed by atoms with Crippen molar-refractivity contribution in [2.75, 3.05) is 42.9 Å². The Bertz CT molecular complexity index is 645. The van der Waals surface area contributed by atoms with Crippen LogP contribution in [0.2, 0.25) is 0 Å². The van der Waals surface area contributed by atoms with Crippen molar-refractivity contribution in [3.8, 4) is 0 Å². The molecule has 0 unspecified atom stereocenters. The van der Waals surface area contributed by atoms with Crippen LogP contribution in [-0.2, 0) is 4.79 Å². The average molecular weight is 342 g/mol. The summed E-state index contributed by atoms with van der Waals surface area (Å²) in [4.78, 5) is 30.6. The number of anilines is 2. The van der Waals surface area contributed by atoms with Gasteiger partial charge in [-0.1, -0.05) is 6.42 Å². The molecule has 4 rings (SSSR count). The van der Waals surface area contributed by atoms with Crippen LogP contribution < -0.4 is 10.2 Å². The number of piperazine rings is 1. The van der Waals surface area contributed by atoms with E-state index in [-0.39, 0.29) is 11.9 Å². The van der Waals surface area contributed by atoms with Crippen molar-refractivity contribution in [2.24, 2.45) is 0 Å². The maximum absolute atomic E-state index is 12.6. The molecule has 25 heavy (non-hydrogen) atoms. The summed E-state index contributed by atoms with van der Waals surface area (Å²) in [5.74, 6) is 0.183. The summed E-state index contributed by atoms with van der Waals surface area (Å²) >= 11 is 0. The molecular weight excluding hydrogens is 316 g/mol. The first-order chi connectivity index (χ1) is 12.2. The van der Waals surface area contributed by atoms with Gasteiger partial charge in [-0.15, -0.1) is 0 Å². The first-order valence-corrected chi connectivity index (χ1v) is 9.41. The summed E-state index contributed by atoms with van der Waals surface area (Å²) in [6, 6.07) is 8.10. The molecular formula is C19H26N4O2. The van der Waals surface area contributed by atoms with E-state index >= 15 is 0 Å². The third kappa shape index (κ3) is 3.49. The number of nitrogens with one attached hydrogen (secondary N) is 1. The van der Waals surface area contributed by atoms with E-state index in [1.54, 1.807) is 0 Å². The monoisotopic (exact) mass is 342 g/mol. The van der Waals surface area contributed by atoms with E-state index < -0.39 is 0 Å². The van der Waals surface area contributed by atoms with Gasteiger partial charge in [0.25, 0.3) is 0 Å². The number of amides is 3. The fraction of sp³-hybridized carbons (Fsp3) is 0.579. The van der Waals surface area contributed by atoms with Gasteiger partial charge in [0.1, 0.15) is 0 Å². The molecule has 3 heterocycles. The van der Waals surface area contributed by atoms with Crippen molar-refractivity contribution in [1.29, 1.82) is 0 Å². The second-order valence-electron chi connectivity index (χ2n) is 7.26. The smallest absolute Gasteiger partial charge is 0.321 e. The number of hydrogen-bond acceptors (Lipinski definition) is 3. The molecule has 3 fully saturated rings. The highest BCUT2D eigenvalue weighted by Crippen LogP contribution is 2.24. The second-order valence-corrected chi connectivity index (χ2v) is 7.26. The summed E-state index contributed by atoms with van der Waals surface area (Å²) < 4.78 is 0. The Hall–Kier alpha value is -2.08. The zero-order valence-electron chi connectivity index (χ0n) is 14.6. The normalized spacial score (nSPS) is 24.3. The van der Waals surface area contributed by atoms with E-state index in [4.69, 9.17) is 0 Å². The third-order valence-electron chi connectivity index (χ3n) is 5.63. The molecule has 0 aromatic heterocycles. The highest BCUT2D eigenvalue weighted by Gasteiger charge is 2.31. The van der Waals surface area contributed by atoms with E-state index in [1.807, 2.05) is 34.1 Å². The van der Waals surface area contributed by atoms with E-state index in [9.17, 15) is 9.59 Å². The highest BCUT2D eigenvalue weighted by molar-refractivity contribution is 5.96. The van der Waals surface area contributed by atoms with Gasteiger partial charge in [-0.25, -0.2) is 4.79 Å². The average Bonchev–Trinajstić information content (AvgIpc) is 3.08. The lowest BCUT2D eigenvalue weighted by Gasteiger charge is -2.43. The van der Waals surface area contributed by atoms with E-state index in [0.717, 1.165) is 44.0 Å². The summed E-state index contributed by atoms with van der Waals surface area (Å²) in [6.07, 6.45) is 5.31. The van der Waals surface area contributed by atoms with Gasteiger partial charge in [0.15, 0.2) is 0 Å². The number of hydrogen-bond donors (Lipinski definition) is 1. The van der Waals surface area contributed by atoms with Crippen LogP contribution in [0.15, 0.2) is 24.3 Å². The quantitative estimate of drug-likeness (QED) is 0.898. The maximum Gasteiger partial charge on any atom is 0.321 e. The van der Waals surface area contributed by atoms with Crippen molar-refractivity contribution in [2.45, 2.75) is 38.1 Å². The van der Waals surface area contributed by atoms with Crippen LogP contribution in [0.5, 0.6) is 0 Å². The summed E-state index contributed by atoms with van der Waals surface area (Å²) in [6.45, 7) is 4.57. The van der Waals surface area contributed by atoms with Gasteiger partial charge in [0.2, 0.25) is 5.91 Å². The second kappa shape index (κ2) is 7.04. The molecule has 3 saturated heterocycles. The molecule has 6 heteroatoms. The number of piperidine rings is 1. The first-order valence-electron chi connectivity index (χ1n) is 9.41. The molecule has 0 saturated carbocycles. The molecule has 1 aromatic rings. The van der Waals surface area contributed by atoms with Crippen LogP contribution in [-0.4, -0.2) is 60.5 Å². The number of nitrogens with zero attached hydrogens (tertiary/aromatic N) is 3. The zero-order chi connectivity index (χ0) is 17.2. The standard InChI is InChI=1S/C19H26N4O2/c24-18-5-3-11-23(18)16-8-6-15(7-9-16)20-19(25)22-13-12-21-10-2-1-4-17(21)14-22/h6-9,17H,1-5,10-14H2,(H,20,25)/t17-/m0/s1. The third-order valence-corrected chi connectivity index (χ3v) is 5.63. The highest BCUT2D eigenvalue weighted by atomic mass is 16.2. The minimum Gasteiger partial charge on any atom is -0.322 e. The lowest BCUT2D eigenvalue weighted by atomic mass is 10.00. The number of fused-ring (bicyclic) bond motifs is 1. The van der Waals surface area contributed by atoms with Gasteiger partial charge >= 0.3 is 6.03 Å². The first kappa shape index (κ1) is 16.4. The van der Waals surface area contributed by atoms with Gasteiger partial charge < -0.3 is 15.1 Å². The molecule has 0 spiro atoms. The Morgan fingerprint density at radius 3 is 2.60 bits per heavy atom. The molecule has 0 bridgehead atoms.